The Morgan fingerprint density at radius 1 is 0.477 bits per heavy atom. The Morgan fingerprint density at radius 2 is 0.779 bits per heavy atom. The van der Waals surface area contributed by atoms with Crippen molar-refractivity contribution in [2.24, 2.45) is 19.2 Å². The zero-order valence-corrected chi connectivity index (χ0v) is 50.4. The first-order valence-electron chi connectivity index (χ1n) is 28.8. The maximum absolute atomic E-state index is 13.1. The summed E-state index contributed by atoms with van der Waals surface area (Å²) in [5.41, 5.74) is 9.46. The highest BCUT2D eigenvalue weighted by Crippen LogP contribution is 2.05. The summed E-state index contributed by atoms with van der Waals surface area (Å²) in [6.45, 7) is 8.35. The van der Waals surface area contributed by atoms with Crippen molar-refractivity contribution in [1.29, 1.82) is 5.53 Å². The molecule has 3 heterocycles. The number of aromatic nitrogens is 9. The monoisotopic (exact) mass is 1210 g/mol. The predicted molar refractivity (Wildman–Crippen MR) is 308 cm³/mol. The minimum absolute atomic E-state index is 0.0461. The van der Waals surface area contributed by atoms with Crippen LogP contribution in [0.2, 0.25) is 0 Å². The van der Waals surface area contributed by atoms with Crippen LogP contribution in [0.15, 0.2) is 35.6 Å². The maximum atomic E-state index is 13.1. The van der Waals surface area contributed by atoms with Gasteiger partial charge in [-0.3, -0.25) is 47.7 Å². The lowest BCUT2D eigenvalue weighted by Gasteiger charge is -2.27. The molecule has 86 heavy (non-hydrogen) atoms. The van der Waals surface area contributed by atoms with Crippen molar-refractivity contribution < 1.29 is 57.3 Å². The molecule has 0 aliphatic heterocycles. The van der Waals surface area contributed by atoms with Gasteiger partial charge in [0, 0.05) is 176 Å². The van der Waals surface area contributed by atoms with Crippen LogP contribution in [0, 0.1) is 5.53 Å². The van der Waals surface area contributed by atoms with Crippen molar-refractivity contribution in [2.45, 2.75) is 91.1 Å². The third-order valence-electron chi connectivity index (χ3n) is 12.2. The molecule has 3 aromatic rings. The lowest BCUT2D eigenvalue weighted by Crippen LogP contribution is -2.42. The Hall–Kier alpha value is -7.92. The Balaban J connectivity index is 1.53. The third-order valence-corrected chi connectivity index (χ3v) is 12.2. The predicted octanol–water partition coefficient (Wildman–Crippen LogP) is -3.17. The molecule has 0 fully saturated rings. The van der Waals surface area contributed by atoms with Crippen molar-refractivity contribution in [2.75, 3.05) is 132 Å². The fourth-order valence-corrected chi connectivity index (χ4v) is 7.51. The molecule has 480 valence electrons. The Labute approximate surface area is 500 Å². The van der Waals surface area contributed by atoms with Crippen LogP contribution in [0.5, 0.6) is 0 Å². The number of carbonyl (C=O) groups excluding carboxylic acids is 8. The molecule has 10 N–H and O–H groups in total. The van der Waals surface area contributed by atoms with Crippen LogP contribution in [0.1, 0.15) is 88.3 Å². The summed E-state index contributed by atoms with van der Waals surface area (Å²) in [6, 6.07) is 0.161. The van der Waals surface area contributed by atoms with E-state index in [0.717, 1.165) is 0 Å². The minimum Gasteiger partial charge on any atom is -0.392 e. The van der Waals surface area contributed by atoms with E-state index in [4.69, 9.17) is 24.5 Å². The molecule has 3 aromatic heterocycles. The molecule has 0 bridgehead atoms. The normalized spacial score (nSPS) is 11.4. The van der Waals surface area contributed by atoms with Gasteiger partial charge >= 0.3 is 0 Å². The van der Waals surface area contributed by atoms with Gasteiger partial charge in [-0.15, -0.1) is 15.3 Å². The van der Waals surface area contributed by atoms with Gasteiger partial charge in [-0.1, -0.05) is 15.6 Å². The summed E-state index contributed by atoms with van der Waals surface area (Å²) in [5, 5.41) is 52.0. The van der Waals surface area contributed by atoms with Crippen LogP contribution in [-0.4, -0.2) is 234 Å². The molecule has 0 radical (unpaired) electrons. The first-order valence-corrected chi connectivity index (χ1v) is 28.8. The molecule has 34 nitrogen and oxygen atoms in total. The molecule has 0 saturated heterocycles. The Kier molecular flexibility index (Phi) is 37.5. The summed E-state index contributed by atoms with van der Waals surface area (Å²) in [4.78, 5) is 106. The molecular formula is C52H90N22O12. The van der Waals surface area contributed by atoms with E-state index in [1.165, 1.54) is 6.20 Å². The molecule has 34 heteroatoms. The van der Waals surface area contributed by atoms with Crippen molar-refractivity contribution in [3.63, 3.8) is 0 Å². The van der Waals surface area contributed by atoms with Crippen molar-refractivity contribution >= 4 is 47.3 Å². The van der Waals surface area contributed by atoms with Crippen LogP contribution < -0.4 is 47.9 Å². The SMILES string of the molecule is CN/C=C(/COCCC(=O)NCCNC(=O)CCN(CCC(=O)NCCNC(=O)CCOCc1cn(C(C)C)nn1)CCN(CCC(=O)NCCNC(=O)CCOCc1cn(C)nn1)CCC(=O)NCCNC(=O)CCOCc1cn(C)nn1)N=N. The van der Waals surface area contributed by atoms with Crippen LogP contribution in [0.4, 0.5) is 0 Å². The first kappa shape index (κ1) is 72.3. The maximum Gasteiger partial charge on any atom is 0.222 e. The first-order chi connectivity index (χ1) is 41.5. The average molecular weight is 1220 g/mol. The van der Waals surface area contributed by atoms with Gasteiger partial charge in [0.2, 0.25) is 47.3 Å². The number of nitrogens with one attached hydrogen (secondary N) is 10. The number of amides is 8. The second-order valence-corrected chi connectivity index (χ2v) is 19.8. The number of ether oxygens (including phenoxy) is 4. The Morgan fingerprint density at radius 3 is 1.06 bits per heavy atom. The number of carbonyl (C=O) groups is 8. The van der Waals surface area contributed by atoms with Crippen LogP contribution in [0.25, 0.3) is 0 Å². The van der Waals surface area contributed by atoms with Crippen LogP contribution in [0.3, 0.4) is 0 Å². The average Bonchev–Trinajstić information content (AvgIpc) is 4.47. The Bertz CT molecular complexity index is 2440. The number of nitrogens with zero attached hydrogens (tertiary/aromatic N) is 12. The molecule has 0 aliphatic rings. The largest absolute Gasteiger partial charge is 0.392 e. The number of rotatable bonds is 50. The van der Waals surface area contributed by atoms with Gasteiger partial charge in [0.25, 0.3) is 0 Å². The topological polar surface area (TPSA) is 417 Å². The van der Waals surface area contributed by atoms with E-state index in [1.54, 1.807) is 53.8 Å². The summed E-state index contributed by atoms with van der Waals surface area (Å²) < 4.78 is 26.8. The summed E-state index contributed by atoms with van der Waals surface area (Å²) in [7, 11) is 5.15. The molecule has 0 unspecified atom stereocenters. The second kappa shape index (κ2) is 44.5. The fourth-order valence-electron chi connectivity index (χ4n) is 7.51. The molecular weight excluding hydrogens is 1120 g/mol. The van der Waals surface area contributed by atoms with Gasteiger partial charge in [0.05, 0.1) is 71.4 Å². The molecule has 0 aliphatic carbocycles. The number of hydrogen-bond acceptors (Lipinski definition) is 23. The standard InChI is InChI=1S/C52H90N22O12/c1-40(2)74-35-44(66-69-74)39-86-31-13-52(82)62-21-17-58-48(78)9-25-72(22-6-45(75)55-14-18-59-49(79)10-28-83-36-41(63-53)32-54-3)26-27-73(23-7-46(76)56-15-19-60-50(80)11-29-84-37-42-33-70(4)67-64-42)24-8-47(77)57-16-20-61-51(81)12-30-85-38-43-34-71(5)68-65-43/h32-35,40,53-54H,6-31,36-39H2,1-5H3,(H,55,75)(H,56,76)(H,57,77)(H,58,78)(H,59,79)(H,60,80)(H,61,81)(H,62,82)/b41-32-,63-53?. The molecule has 0 atom stereocenters. The number of aryl methyl sites for hydroxylation is 2. The third kappa shape index (κ3) is 36.0. The van der Waals surface area contributed by atoms with Gasteiger partial charge in [0.15, 0.2) is 0 Å². The van der Waals surface area contributed by atoms with E-state index in [0.29, 0.717) is 35.9 Å². The van der Waals surface area contributed by atoms with Gasteiger partial charge in [-0.2, -0.15) is 5.11 Å². The quantitative estimate of drug-likeness (QED) is 0.0197. The van der Waals surface area contributed by atoms with Crippen LogP contribution >= 0.6 is 0 Å². The summed E-state index contributed by atoms with van der Waals surface area (Å²) in [6.07, 6.45) is 7.35. The highest BCUT2D eigenvalue weighted by atomic mass is 16.5. The van der Waals surface area contributed by atoms with E-state index >= 15 is 0 Å². The minimum atomic E-state index is -0.295. The van der Waals surface area contributed by atoms with Crippen molar-refractivity contribution in [1.82, 2.24) is 103 Å². The zero-order valence-electron chi connectivity index (χ0n) is 50.4. The van der Waals surface area contributed by atoms with E-state index < -0.39 is 0 Å². The van der Waals surface area contributed by atoms with Gasteiger partial charge in [-0.25, -0.2) is 10.2 Å². The summed E-state index contributed by atoms with van der Waals surface area (Å²) in [5.74, 6) is -2.18. The van der Waals surface area contributed by atoms with E-state index in [-0.39, 0.29) is 236 Å². The van der Waals surface area contributed by atoms with Gasteiger partial charge in [-0.05, 0) is 13.8 Å². The smallest absolute Gasteiger partial charge is 0.222 e. The summed E-state index contributed by atoms with van der Waals surface area (Å²) >= 11 is 0. The molecule has 3 rings (SSSR count). The lowest BCUT2D eigenvalue weighted by molar-refractivity contribution is -0.124. The fraction of sp³-hybridized carbons (Fsp3) is 0.692. The molecule has 0 spiro atoms. The van der Waals surface area contributed by atoms with Gasteiger partial charge in [0.1, 0.15) is 22.8 Å². The highest BCUT2D eigenvalue weighted by molar-refractivity contribution is 5.79. The second-order valence-electron chi connectivity index (χ2n) is 19.8. The highest BCUT2D eigenvalue weighted by Gasteiger charge is 2.17. The lowest BCUT2D eigenvalue weighted by atomic mass is 10.2. The molecule has 0 aromatic carbocycles. The van der Waals surface area contributed by atoms with Crippen molar-refractivity contribution in [3.8, 4) is 0 Å². The van der Waals surface area contributed by atoms with E-state index in [9.17, 15) is 38.4 Å². The van der Waals surface area contributed by atoms with Crippen molar-refractivity contribution in [3.05, 3.63) is 47.6 Å². The molecule has 8 amide bonds. The molecule has 0 saturated carbocycles. The zero-order chi connectivity index (χ0) is 62.6. The van der Waals surface area contributed by atoms with Gasteiger partial charge < -0.3 is 76.6 Å². The number of hydrogen-bond donors (Lipinski definition) is 10. The van der Waals surface area contributed by atoms with E-state index in [2.05, 4.69) is 83.9 Å². The van der Waals surface area contributed by atoms with E-state index in [1.807, 2.05) is 23.6 Å². The van der Waals surface area contributed by atoms with Crippen LogP contribution in [-0.2, 0) is 91.2 Å².